The van der Waals surface area contributed by atoms with Crippen molar-refractivity contribution in [1.29, 1.82) is 0 Å². The SMILES string of the molecule is CCCCC[C@](C)(O)CC[C@@H]1[C@@H](CCC/C=C/C=C/OC(C)=O)[C@@H](O)C[C@H]1O. The predicted molar refractivity (Wildman–Crippen MR) is 112 cm³/mol. The first kappa shape index (κ1) is 24.9. The predicted octanol–water partition coefficient (Wildman–Crippen LogP) is 4.26. The molecule has 1 aliphatic carbocycles. The molecule has 5 nitrogen and oxygen atoms in total. The Bertz CT molecular complexity index is 497. The minimum Gasteiger partial charge on any atom is -0.435 e. The zero-order valence-electron chi connectivity index (χ0n) is 17.8. The largest absolute Gasteiger partial charge is 0.435 e. The lowest BCUT2D eigenvalue weighted by atomic mass is 9.82. The van der Waals surface area contributed by atoms with Crippen LogP contribution in [0.15, 0.2) is 24.5 Å². The van der Waals surface area contributed by atoms with Crippen LogP contribution in [-0.4, -0.2) is 39.1 Å². The van der Waals surface area contributed by atoms with Crippen molar-refractivity contribution < 1.29 is 24.9 Å². The van der Waals surface area contributed by atoms with Crippen LogP contribution in [0.2, 0.25) is 0 Å². The van der Waals surface area contributed by atoms with Crippen LogP contribution in [0, 0.1) is 11.8 Å². The summed E-state index contributed by atoms with van der Waals surface area (Å²) in [5, 5.41) is 31.3. The Morgan fingerprint density at radius 3 is 2.39 bits per heavy atom. The molecular weight excluding hydrogens is 356 g/mol. The van der Waals surface area contributed by atoms with Crippen LogP contribution in [-0.2, 0) is 9.53 Å². The molecule has 0 bridgehead atoms. The van der Waals surface area contributed by atoms with Crippen molar-refractivity contribution in [2.24, 2.45) is 11.8 Å². The lowest BCUT2D eigenvalue weighted by Gasteiger charge is -2.29. The molecule has 1 rings (SSSR count). The fourth-order valence-electron chi connectivity index (χ4n) is 4.17. The highest BCUT2D eigenvalue weighted by Crippen LogP contribution is 2.40. The molecule has 0 amide bonds. The quantitative estimate of drug-likeness (QED) is 0.187. The second-order valence-corrected chi connectivity index (χ2v) is 8.49. The number of carbonyl (C=O) groups excluding carboxylic acids is 1. The second-order valence-electron chi connectivity index (χ2n) is 8.49. The van der Waals surface area contributed by atoms with Crippen LogP contribution in [0.5, 0.6) is 0 Å². The lowest BCUT2D eigenvalue weighted by molar-refractivity contribution is -0.135. The average Bonchev–Trinajstić information content (AvgIpc) is 2.88. The highest BCUT2D eigenvalue weighted by molar-refractivity contribution is 5.66. The third kappa shape index (κ3) is 9.85. The summed E-state index contributed by atoms with van der Waals surface area (Å²) in [7, 11) is 0. The van der Waals surface area contributed by atoms with E-state index in [0.29, 0.717) is 12.8 Å². The van der Waals surface area contributed by atoms with Crippen molar-refractivity contribution in [1.82, 2.24) is 0 Å². The van der Waals surface area contributed by atoms with Gasteiger partial charge in [0.2, 0.25) is 0 Å². The summed E-state index contributed by atoms with van der Waals surface area (Å²) < 4.78 is 4.70. The number of carbonyl (C=O) groups is 1. The lowest BCUT2D eigenvalue weighted by Crippen LogP contribution is -2.29. The molecule has 1 saturated carbocycles. The van der Waals surface area contributed by atoms with Crippen LogP contribution >= 0.6 is 0 Å². The Labute approximate surface area is 170 Å². The topological polar surface area (TPSA) is 87.0 Å². The molecule has 1 fully saturated rings. The van der Waals surface area contributed by atoms with E-state index in [2.05, 4.69) is 6.92 Å². The third-order valence-electron chi connectivity index (χ3n) is 5.82. The molecule has 5 atom stereocenters. The normalized spacial score (nSPS) is 27.5. The minimum atomic E-state index is -0.690. The maximum absolute atomic E-state index is 10.6. The standard InChI is InChI=1S/C23H40O5/c1-4-5-10-14-23(3,27)15-13-20-19(21(25)17-22(20)26)12-9-7-6-8-11-16-28-18(2)24/h6,8,11,16,19-22,25-27H,4-5,7,9-10,12-15,17H2,1-3H3/b8-6+,16-11+/t19-,20-,21+,22-,23+/m1/s1. The van der Waals surface area contributed by atoms with Crippen LogP contribution in [0.1, 0.15) is 85.0 Å². The summed E-state index contributed by atoms with van der Waals surface area (Å²) in [6.07, 6.45) is 14.6. The molecule has 28 heavy (non-hydrogen) atoms. The van der Waals surface area contributed by atoms with E-state index in [0.717, 1.165) is 51.4 Å². The first-order valence-corrected chi connectivity index (χ1v) is 10.8. The molecule has 0 aromatic carbocycles. The van der Waals surface area contributed by atoms with E-state index < -0.39 is 17.8 Å². The van der Waals surface area contributed by atoms with Gasteiger partial charge in [0.25, 0.3) is 0 Å². The molecule has 0 unspecified atom stereocenters. The number of rotatable bonds is 13. The number of esters is 1. The van der Waals surface area contributed by atoms with Gasteiger partial charge in [-0.05, 0) is 69.8 Å². The number of aliphatic hydroxyl groups excluding tert-OH is 2. The van der Waals surface area contributed by atoms with Crippen molar-refractivity contribution in [2.45, 2.75) is 103 Å². The molecule has 3 N–H and O–H groups in total. The van der Waals surface area contributed by atoms with Crippen molar-refractivity contribution in [3.8, 4) is 0 Å². The Hall–Kier alpha value is -1.17. The van der Waals surface area contributed by atoms with Crippen LogP contribution < -0.4 is 0 Å². The molecule has 0 aromatic rings. The summed E-state index contributed by atoms with van der Waals surface area (Å²) in [5.41, 5.74) is -0.690. The van der Waals surface area contributed by atoms with Crippen molar-refractivity contribution >= 4 is 5.97 Å². The van der Waals surface area contributed by atoms with E-state index in [4.69, 9.17) is 4.74 Å². The first-order valence-electron chi connectivity index (χ1n) is 10.8. The Balaban J connectivity index is 2.41. The smallest absolute Gasteiger partial charge is 0.307 e. The summed E-state index contributed by atoms with van der Waals surface area (Å²) in [6.45, 7) is 5.40. The Morgan fingerprint density at radius 1 is 1.07 bits per heavy atom. The van der Waals surface area contributed by atoms with Gasteiger partial charge in [-0.2, -0.15) is 0 Å². The molecule has 0 spiro atoms. The van der Waals surface area contributed by atoms with Crippen LogP contribution in [0.25, 0.3) is 0 Å². The fourth-order valence-corrected chi connectivity index (χ4v) is 4.17. The number of hydrogen-bond donors (Lipinski definition) is 3. The average molecular weight is 397 g/mol. The van der Waals surface area contributed by atoms with Gasteiger partial charge < -0.3 is 20.1 Å². The maximum Gasteiger partial charge on any atom is 0.307 e. The van der Waals surface area contributed by atoms with E-state index >= 15 is 0 Å². The van der Waals surface area contributed by atoms with Gasteiger partial charge in [-0.1, -0.05) is 38.3 Å². The molecular formula is C23H40O5. The number of hydrogen-bond acceptors (Lipinski definition) is 5. The maximum atomic E-state index is 10.6. The third-order valence-corrected chi connectivity index (χ3v) is 5.82. The molecule has 0 saturated heterocycles. The van der Waals surface area contributed by atoms with E-state index in [9.17, 15) is 20.1 Å². The highest BCUT2D eigenvalue weighted by atomic mass is 16.5. The van der Waals surface area contributed by atoms with Gasteiger partial charge in [0, 0.05) is 6.92 Å². The fraction of sp³-hybridized carbons (Fsp3) is 0.783. The number of allylic oxidation sites excluding steroid dienone is 3. The van der Waals surface area contributed by atoms with Gasteiger partial charge in [0.15, 0.2) is 0 Å². The molecule has 162 valence electrons. The molecule has 0 aliphatic heterocycles. The molecule has 0 heterocycles. The van der Waals surface area contributed by atoms with Gasteiger partial charge >= 0.3 is 5.97 Å². The molecule has 0 aromatic heterocycles. The highest BCUT2D eigenvalue weighted by Gasteiger charge is 2.41. The van der Waals surface area contributed by atoms with Gasteiger partial charge in [-0.15, -0.1) is 0 Å². The number of ether oxygens (including phenoxy) is 1. The van der Waals surface area contributed by atoms with Gasteiger partial charge in [0.05, 0.1) is 24.1 Å². The zero-order valence-corrected chi connectivity index (χ0v) is 17.8. The molecule has 5 heteroatoms. The number of aliphatic hydroxyl groups is 3. The van der Waals surface area contributed by atoms with Crippen LogP contribution in [0.4, 0.5) is 0 Å². The van der Waals surface area contributed by atoms with E-state index in [1.54, 1.807) is 6.08 Å². The van der Waals surface area contributed by atoms with Crippen LogP contribution in [0.3, 0.4) is 0 Å². The minimum absolute atomic E-state index is 0.0560. The van der Waals surface area contributed by atoms with Gasteiger partial charge in [0.1, 0.15) is 0 Å². The summed E-state index contributed by atoms with van der Waals surface area (Å²) in [6, 6.07) is 0. The Morgan fingerprint density at radius 2 is 1.75 bits per heavy atom. The Kier molecular flexibility index (Phi) is 11.7. The van der Waals surface area contributed by atoms with E-state index in [-0.39, 0.29) is 17.8 Å². The van der Waals surface area contributed by atoms with E-state index in [1.807, 2.05) is 19.1 Å². The van der Waals surface area contributed by atoms with Crippen molar-refractivity contribution in [3.05, 3.63) is 24.5 Å². The summed E-state index contributed by atoms with van der Waals surface area (Å²) >= 11 is 0. The van der Waals surface area contributed by atoms with Crippen molar-refractivity contribution in [2.75, 3.05) is 0 Å². The summed E-state index contributed by atoms with van der Waals surface area (Å²) in [5.74, 6) is -0.194. The first-order chi connectivity index (χ1) is 13.3. The van der Waals surface area contributed by atoms with Gasteiger partial charge in [-0.25, -0.2) is 0 Å². The zero-order chi connectivity index (χ0) is 21.0. The van der Waals surface area contributed by atoms with Gasteiger partial charge in [-0.3, -0.25) is 4.79 Å². The number of unbranched alkanes of at least 4 members (excludes halogenated alkanes) is 3. The molecule has 0 radical (unpaired) electrons. The summed E-state index contributed by atoms with van der Waals surface area (Å²) in [4.78, 5) is 10.6. The molecule has 1 aliphatic rings. The van der Waals surface area contributed by atoms with Crippen molar-refractivity contribution in [3.63, 3.8) is 0 Å². The second kappa shape index (κ2) is 13.1. The monoisotopic (exact) mass is 396 g/mol. The van der Waals surface area contributed by atoms with E-state index in [1.165, 1.54) is 13.2 Å².